The van der Waals surface area contributed by atoms with E-state index in [9.17, 15) is 4.39 Å². The summed E-state index contributed by atoms with van der Waals surface area (Å²) in [4.78, 5) is 0.0694. The molecule has 94 valence electrons. The lowest BCUT2D eigenvalue weighted by Crippen LogP contribution is -1.97. The van der Waals surface area contributed by atoms with Crippen LogP contribution in [-0.2, 0) is 6.42 Å². The lowest BCUT2D eigenvalue weighted by atomic mass is 10.0. The van der Waals surface area contributed by atoms with Crippen molar-refractivity contribution < 1.29 is 4.39 Å². The molecule has 0 aromatic heterocycles. The second-order valence-corrected chi connectivity index (χ2v) is 6.40. The molecule has 0 saturated heterocycles. The van der Waals surface area contributed by atoms with Crippen LogP contribution in [0.2, 0.25) is 5.02 Å². The summed E-state index contributed by atoms with van der Waals surface area (Å²) in [5.41, 5.74) is 1.94. The van der Waals surface area contributed by atoms with Crippen molar-refractivity contribution in [1.29, 1.82) is 0 Å². The van der Waals surface area contributed by atoms with Crippen LogP contribution in [0.3, 0.4) is 0 Å². The van der Waals surface area contributed by atoms with E-state index in [0.29, 0.717) is 11.4 Å². The van der Waals surface area contributed by atoms with Gasteiger partial charge < -0.3 is 0 Å². The van der Waals surface area contributed by atoms with Crippen molar-refractivity contribution in [3.63, 3.8) is 0 Å². The maximum atomic E-state index is 13.1. The van der Waals surface area contributed by atoms with Gasteiger partial charge in [0.15, 0.2) is 0 Å². The number of halogens is 4. The lowest BCUT2D eigenvalue weighted by Gasteiger charge is -2.12. The molecule has 4 heteroatoms. The van der Waals surface area contributed by atoms with E-state index in [2.05, 4.69) is 31.9 Å². The number of hydrogen-bond acceptors (Lipinski definition) is 0. The predicted molar refractivity (Wildman–Crippen MR) is 80.9 cm³/mol. The Labute approximate surface area is 127 Å². The molecule has 0 aliphatic carbocycles. The van der Waals surface area contributed by atoms with Crippen LogP contribution in [0.15, 0.2) is 46.9 Å². The zero-order chi connectivity index (χ0) is 13.1. The van der Waals surface area contributed by atoms with Gasteiger partial charge in [0.25, 0.3) is 0 Å². The van der Waals surface area contributed by atoms with Crippen LogP contribution in [0.4, 0.5) is 4.39 Å². The Kier molecular flexibility index (Phi) is 4.82. The van der Waals surface area contributed by atoms with Crippen molar-refractivity contribution in [2.24, 2.45) is 0 Å². The van der Waals surface area contributed by atoms with E-state index in [1.54, 1.807) is 12.1 Å². The van der Waals surface area contributed by atoms with Crippen LogP contribution in [0.5, 0.6) is 0 Å². The highest BCUT2D eigenvalue weighted by atomic mass is 79.9. The summed E-state index contributed by atoms with van der Waals surface area (Å²) in [6, 6.07) is 12.4. The number of rotatable bonds is 3. The van der Waals surface area contributed by atoms with Gasteiger partial charge >= 0.3 is 0 Å². The minimum atomic E-state index is -0.214. The summed E-state index contributed by atoms with van der Waals surface area (Å²) < 4.78 is 14.1. The lowest BCUT2D eigenvalue weighted by molar-refractivity contribution is 0.625. The first kappa shape index (κ1) is 14.0. The van der Waals surface area contributed by atoms with Gasteiger partial charge in [0.2, 0.25) is 0 Å². The summed E-state index contributed by atoms with van der Waals surface area (Å²) in [6.45, 7) is 0. The first-order valence-corrected chi connectivity index (χ1v) is 7.48. The molecular formula is C14H10Br2ClF. The smallest absolute Gasteiger partial charge is 0.123 e. The Morgan fingerprint density at radius 3 is 2.61 bits per heavy atom. The largest absolute Gasteiger partial charge is 0.207 e. The fourth-order valence-corrected chi connectivity index (χ4v) is 3.45. The standard InChI is InChI=1S/C14H10Br2ClF/c15-10-4-5-12(14(17)8-10)13(16)7-9-2-1-3-11(18)6-9/h1-6,8,13H,7H2. The van der Waals surface area contributed by atoms with E-state index < -0.39 is 0 Å². The second kappa shape index (κ2) is 6.18. The summed E-state index contributed by atoms with van der Waals surface area (Å²) in [5.74, 6) is -0.214. The molecule has 0 amide bonds. The molecule has 18 heavy (non-hydrogen) atoms. The highest BCUT2D eigenvalue weighted by Gasteiger charge is 2.12. The minimum Gasteiger partial charge on any atom is -0.207 e. The van der Waals surface area contributed by atoms with E-state index in [1.165, 1.54) is 6.07 Å². The topological polar surface area (TPSA) is 0 Å². The number of hydrogen-bond donors (Lipinski definition) is 0. The molecule has 0 saturated carbocycles. The van der Waals surface area contributed by atoms with Crippen molar-refractivity contribution in [2.75, 3.05) is 0 Å². The van der Waals surface area contributed by atoms with Gasteiger partial charge in [-0.3, -0.25) is 0 Å². The van der Waals surface area contributed by atoms with Crippen LogP contribution in [0.1, 0.15) is 16.0 Å². The van der Waals surface area contributed by atoms with Crippen LogP contribution in [0, 0.1) is 5.82 Å². The third-order valence-electron chi connectivity index (χ3n) is 2.60. The van der Waals surface area contributed by atoms with Gasteiger partial charge in [-0.05, 0) is 41.8 Å². The molecule has 2 aromatic carbocycles. The van der Waals surface area contributed by atoms with Crippen molar-refractivity contribution in [3.8, 4) is 0 Å². The van der Waals surface area contributed by atoms with Gasteiger partial charge in [-0.25, -0.2) is 4.39 Å². The molecule has 0 aliphatic rings. The third-order valence-corrected chi connectivity index (χ3v) is 4.24. The molecule has 0 heterocycles. The maximum absolute atomic E-state index is 13.1. The molecule has 0 aliphatic heterocycles. The molecule has 0 fully saturated rings. The molecule has 2 aromatic rings. The fraction of sp³-hybridized carbons (Fsp3) is 0.143. The molecule has 0 N–H and O–H groups in total. The van der Waals surface area contributed by atoms with Gasteiger partial charge in [-0.1, -0.05) is 61.7 Å². The number of alkyl halides is 1. The zero-order valence-corrected chi connectivity index (χ0v) is 13.3. The van der Waals surface area contributed by atoms with Crippen LogP contribution in [-0.4, -0.2) is 0 Å². The van der Waals surface area contributed by atoms with Gasteiger partial charge in [0.05, 0.1) is 0 Å². The van der Waals surface area contributed by atoms with Crippen molar-refractivity contribution in [2.45, 2.75) is 11.2 Å². The van der Waals surface area contributed by atoms with Gasteiger partial charge in [-0.15, -0.1) is 0 Å². The monoisotopic (exact) mass is 390 g/mol. The summed E-state index contributed by atoms with van der Waals surface area (Å²) in [6.07, 6.45) is 0.694. The summed E-state index contributed by atoms with van der Waals surface area (Å²) in [7, 11) is 0. The minimum absolute atomic E-state index is 0.0694. The Hall–Kier alpha value is -0.380. The molecule has 1 atom stereocenters. The van der Waals surface area contributed by atoms with Crippen molar-refractivity contribution in [1.82, 2.24) is 0 Å². The predicted octanol–water partition coefficient (Wildman–Crippen LogP) is 5.92. The van der Waals surface area contributed by atoms with Gasteiger partial charge in [0, 0.05) is 14.3 Å². The van der Waals surface area contributed by atoms with E-state index >= 15 is 0 Å². The highest BCUT2D eigenvalue weighted by Crippen LogP contribution is 2.33. The Bertz CT molecular complexity index is 557. The van der Waals surface area contributed by atoms with Crippen LogP contribution >= 0.6 is 43.5 Å². The van der Waals surface area contributed by atoms with Crippen LogP contribution in [0.25, 0.3) is 0 Å². The quantitative estimate of drug-likeness (QED) is 0.569. The molecule has 0 bridgehead atoms. The van der Waals surface area contributed by atoms with Gasteiger partial charge in [-0.2, -0.15) is 0 Å². The summed E-state index contributed by atoms with van der Waals surface area (Å²) >= 11 is 13.2. The first-order valence-electron chi connectivity index (χ1n) is 5.40. The van der Waals surface area contributed by atoms with Crippen LogP contribution < -0.4 is 0 Å². The normalized spacial score (nSPS) is 12.4. The molecule has 1 unspecified atom stereocenters. The Balaban J connectivity index is 2.19. The number of benzene rings is 2. The van der Waals surface area contributed by atoms with Crippen molar-refractivity contribution >= 4 is 43.5 Å². The average Bonchev–Trinajstić information content (AvgIpc) is 2.28. The SMILES string of the molecule is Fc1cccc(CC(Br)c2ccc(Br)cc2Cl)c1. The average molecular weight is 392 g/mol. The fourth-order valence-electron chi connectivity index (χ4n) is 1.74. The van der Waals surface area contributed by atoms with Crippen molar-refractivity contribution in [3.05, 3.63) is 68.9 Å². The van der Waals surface area contributed by atoms with E-state index in [4.69, 9.17) is 11.6 Å². The Morgan fingerprint density at radius 2 is 1.94 bits per heavy atom. The Morgan fingerprint density at radius 1 is 1.17 bits per heavy atom. The second-order valence-electron chi connectivity index (χ2n) is 3.97. The van der Waals surface area contributed by atoms with E-state index in [1.807, 2.05) is 24.3 Å². The molecular weight excluding hydrogens is 382 g/mol. The third kappa shape index (κ3) is 3.56. The molecule has 0 spiro atoms. The van der Waals surface area contributed by atoms with E-state index in [0.717, 1.165) is 15.6 Å². The summed E-state index contributed by atoms with van der Waals surface area (Å²) in [5, 5.41) is 0.697. The zero-order valence-electron chi connectivity index (χ0n) is 9.34. The molecule has 0 nitrogen and oxygen atoms in total. The van der Waals surface area contributed by atoms with Gasteiger partial charge in [0.1, 0.15) is 5.82 Å². The van der Waals surface area contributed by atoms with E-state index in [-0.39, 0.29) is 10.6 Å². The maximum Gasteiger partial charge on any atom is 0.123 e. The highest BCUT2D eigenvalue weighted by molar-refractivity contribution is 9.10. The molecule has 2 rings (SSSR count). The molecule has 0 radical (unpaired) electrons. The first-order chi connectivity index (χ1) is 8.56.